The van der Waals surface area contributed by atoms with E-state index in [1.165, 1.54) is 6.26 Å². The third-order valence-electron chi connectivity index (χ3n) is 2.06. The van der Waals surface area contributed by atoms with E-state index >= 15 is 0 Å². The number of rotatable bonds is 5. The normalized spacial score (nSPS) is 12.8. The summed E-state index contributed by atoms with van der Waals surface area (Å²) in [4.78, 5) is 11.4. The van der Waals surface area contributed by atoms with Crippen LogP contribution in [0.2, 0.25) is 0 Å². The van der Waals surface area contributed by atoms with Crippen LogP contribution in [0.4, 0.5) is 0 Å². The molecule has 1 aromatic heterocycles. The molecule has 1 rings (SSSR count). The van der Waals surface area contributed by atoms with E-state index in [-0.39, 0.29) is 5.78 Å². The molecule has 0 fully saturated rings. The van der Waals surface area contributed by atoms with Crippen LogP contribution >= 0.6 is 0 Å². The van der Waals surface area contributed by atoms with Crippen molar-refractivity contribution in [2.24, 2.45) is 11.7 Å². The molecule has 13 heavy (non-hydrogen) atoms. The van der Waals surface area contributed by atoms with Crippen molar-refractivity contribution in [3.63, 3.8) is 0 Å². The van der Waals surface area contributed by atoms with Crippen LogP contribution in [0, 0.1) is 5.92 Å². The third-order valence-corrected chi connectivity index (χ3v) is 2.06. The van der Waals surface area contributed by atoms with Crippen LogP contribution in [-0.4, -0.2) is 12.3 Å². The number of ketones is 1. The summed E-state index contributed by atoms with van der Waals surface area (Å²) < 4.78 is 4.98. The Morgan fingerprint density at radius 2 is 2.46 bits per heavy atom. The molecule has 0 amide bonds. The van der Waals surface area contributed by atoms with E-state index in [9.17, 15) is 4.79 Å². The van der Waals surface area contributed by atoms with Crippen molar-refractivity contribution in [3.8, 4) is 0 Å². The zero-order chi connectivity index (χ0) is 9.68. The van der Waals surface area contributed by atoms with Crippen LogP contribution in [0.1, 0.15) is 30.3 Å². The Bertz CT molecular complexity index is 254. The SMILES string of the molecule is CC(CN)CCC(=O)c1ccco1. The lowest BCUT2D eigenvalue weighted by atomic mass is 10.0. The van der Waals surface area contributed by atoms with Crippen molar-refractivity contribution in [2.75, 3.05) is 6.54 Å². The molecular formula is C10H15NO2. The number of Topliss-reactive ketones (excluding diaryl/α,β-unsaturated/α-hetero) is 1. The quantitative estimate of drug-likeness (QED) is 0.705. The van der Waals surface area contributed by atoms with Gasteiger partial charge in [-0.1, -0.05) is 6.92 Å². The van der Waals surface area contributed by atoms with Crippen molar-refractivity contribution in [1.29, 1.82) is 0 Å². The Hall–Kier alpha value is -1.09. The highest BCUT2D eigenvalue weighted by Crippen LogP contribution is 2.09. The lowest BCUT2D eigenvalue weighted by molar-refractivity contribution is 0.0948. The fraction of sp³-hybridized carbons (Fsp3) is 0.500. The molecule has 0 aliphatic heterocycles. The highest BCUT2D eigenvalue weighted by molar-refractivity contribution is 5.93. The first kappa shape index (κ1) is 9.99. The van der Waals surface area contributed by atoms with E-state index < -0.39 is 0 Å². The highest BCUT2D eigenvalue weighted by atomic mass is 16.3. The maximum atomic E-state index is 11.4. The lowest BCUT2D eigenvalue weighted by Crippen LogP contribution is -2.12. The van der Waals surface area contributed by atoms with Crippen LogP contribution < -0.4 is 5.73 Å². The summed E-state index contributed by atoms with van der Waals surface area (Å²) in [5, 5.41) is 0. The second kappa shape index (κ2) is 4.82. The van der Waals surface area contributed by atoms with Gasteiger partial charge in [-0.3, -0.25) is 4.79 Å². The smallest absolute Gasteiger partial charge is 0.197 e. The maximum Gasteiger partial charge on any atom is 0.197 e. The van der Waals surface area contributed by atoms with E-state index in [0.29, 0.717) is 24.6 Å². The number of hydrogen-bond donors (Lipinski definition) is 1. The predicted molar refractivity (Wildman–Crippen MR) is 50.5 cm³/mol. The minimum atomic E-state index is 0.0605. The van der Waals surface area contributed by atoms with Crippen molar-refractivity contribution >= 4 is 5.78 Å². The largest absolute Gasteiger partial charge is 0.461 e. The third kappa shape index (κ3) is 3.03. The summed E-state index contributed by atoms with van der Waals surface area (Å²) in [7, 11) is 0. The Morgan fingerprint density at radius 1 is 1.69 bits per heavy atom. The molecule has 1 heterocycles. The van der Waals surface area contributed by atoms with E-state index in [1.54, 1.807) is 12.1 Å². The van der Waals surface area contributed by atoms with Crippen LogP contribution in [0.25, 0.3) is 0 Å². The first-order chi connectivity index (χ1) is 6.24. The predicted octanol–water partition coefficient (Wildman–Crippen LogP) is 1.84. The van der Waals surface area contributed by atoms with Gasteiger partial charge >= 0.3 is 0 Å². The molecule has 1 atom stereocenters. The molecule has 0 spiro atoms. The summed E-state index contributed by atoms with van der Waals surface area (Å²) in [6.07, 6.45) is 2.86. The van der Waals surface area contributed by atoms with Gasteiger partial charge in [0.05, 0.1) is 6.26 Å². The molecule has 0 bridgehead atoms. The van der Waals surface area contributed by atoms with Gasteiger partial charge < -0.3 is 10.2 Å². The molecule has 1 unspecified atom stereocenters. The molecule has 3 nitrogen and oxygen atoms in total. The molecule has 1 aromatic rings. The Labute approximate surface area is 77.9 Å². The molecule has 0 aromatic carbocycles. The van der Waals surface area contributed by atoms with Crippen molar-refractivity contribution in [2.45, 2.75) is 19.8 Å². The number of furan rings is 1. The summed E-state index contributed by atoms with van der Waals surface area (Å²) in [5.74, 6) is 0.911. The lowest BCUT2D eigenvalue weighted by Gasteiger charge is -2.05. The van der Waals surface area contributed by atoms with E-state index in [1.807, 2.05) is 6.92 Å². The molecule has 72 valence electrons. The van der Waals surface area contributed by atoms with Gasteiger partial charge in [0.25, 0.3) is 0 Å². The Balaban J connectivity index is 2.35. The van der Waals surface area contributed by atoms with E-state index in [4.69, 9.17) is 10.2 Å². The number of carbonyl (C=O) groups is 1. The van der Waals surface area contributed by atoms with Gasteiger partial charge in [-0.25, -0.2) is 0 Å². The zero-order valence-electron chi connectivity index (χ0n) is 7.82. The fourth-order valence-corrected chi connectivity index (χ4v) is 1.06. The Kier molecular flexibility index (Phi) is 3.71. The van der Waals surface area contributed by atoms with E-state index in [2.05, 4.69) is 0 Å². The van der Waals surface area contributed by atoms with Crippen LogP contribution in [0.15, 0.2) is 22.8 Å². The van der Waals surface area contributed by atoms with Crippen LogP contribution in [0.3, 0.4) is 0 Å². The highest BCUT2D eigenvalue weighted by Gasteiger charge is 2.09. The van der Waals surface area contributed by atoms with Crippen molar-refractivity contribution < 1.29 is 9.21 Å². The summed E-state index contributed by atoms with van der Waals surface area (Å²) in [5.41, 5.74) is 5.44. The average Bonchev–Trinajstić information content (AvgIpc) is 2.66. The first-order valence-corrected chi connectivity index (χ1v) is 4.50. The minimum Gasteiger partial charge on any atom is -0.461 e. The van der Waals surface area contributed by atoms with Crippen LogP contribution in [0.5, 0.6) is 0 Å². The van der Waals surface area contributed by atoms with Crippen molar-refractivity contribution in [1.82, 2.24) is 0 Å². The standard InChI is InChI=1S/C10H15NO2/c1-8(7-11)4-5-9(12)10-3-2-6-13-10/h2-3,6,8H,4-5,7,11H2,1H3. The molecule has 0 aliphatic rings. The summed E-state index contributed by atoms with van der Waals surface area (Å²) >= 11 is 0. The summed E-state index contributed by atoms with van der Waals surface area (Å²) in [6, 6.07) is 3.41. The first-order valence-electron chi connectivity index (χ1n) is 4.50. The van der Waals surface area contributed by atoms with E-state index in [0.717, 1.165) is 6.42 Å². The molecule has 3 heteroatoms. The molecule has 0 aliphatic carbocycles. The molecular weight excluding hydrogens is 166 g/mol. The zero-order valence-corrected chi connectivity index (χ0v) is 7.82. The van der Waals surface area contributed by atoms with Gasteiger partial charge in [-0.2, -0.15) is 0 Å². The molecule has 2 N–H and O–H groups in total. The Morgan fingerprint density at radius 3 is 3.00 bits per heavy atom. The number of carbonyl (C=O) groups excluding carboxylic acids is 1. The molecule has 0 radical (unpaired) electrons. The monoisotopic (exact) mass is 181 g/mol. The number of nitrogens with two attached hydrogens (primary N) is 1. The van der Waals surface area contributed by atoms with Gasteiger partial charge in [0.1, 0.15) is 0 Å². The second-order valence-electron chi connectivity index (χ2n) is 3.28. The molecule has 0 saturated heterocycles. The van der Waals surface area contributed by atoms with Gasteiger partial charge in [0.15, 0.2) is 11.5 Å². The fourth-order valence-electron chi connectivity index (χ4n) is 1.06. The number of hydrogen-bond acceptors (Lipinski definition) is 3. The average molecular weight is 181 g/mol. The summed E-state index contributed by atoms with van der Waals surface area (Å²) in [6.45, 7) is 2.67. The van der Waals surface area contributed by atoms with Gasteiger partial charge in [0.2, 0.25) is 0 Å². The second-order valence-corrected chi connectivity index (χ2v) is 3.28. The topological polar surface area (TPSA) is 56.2 Å². The minimum absolute atomic E-state index is 0.0605. The van der Waals surface area contributed by atoms with Crippen molar-refractivity contribution in [3.05, 3.63) is 24.2 Å². The van der Waals surface area contributed by atoms with Gasteiger partial charge in [0, 0.05) is 6.42 Å². The van der Waals surface area contributed by atoms with Crippen LogP contribution in [-0.2, 0) is 0 Å². The molecule has 0 saturated carbocycles. The maximum absolute atomic E-state index is 11.4. The van der Waals surface area contributed by atoms with Gasteiger partial charge in [-0.05, 0) is 31.0 Å². The van der Waals surface area contributed by atoms with Gasteiger partial charge in [-0.15, -0.1) is 0 Å².